The molecule has 0 aromatic heterocycles. The number of nitro groups is 1. The number of nitro benzene ring substituents is 1. The third-order valence-corrected chi connectivity index (χ3v) is 4.29. The molecule has 1 N–H and O–H groups in total. The number of nitrogens with one attached hydrogen (secondary N) is 1. The minimum absolute atomic E-state index is 0.0486. The third-order valence-electron chi connectivity index (χ3n) is 4.29. The molecule has 0 amide bonds. The number of ether oxygens (including phenoxy) is 2. The van der Waals surface area contributed by atoms with Gasteiger partial charge >= 0.3 is 0 Å². The Balaban J connectivity index is 1.65. The number of benzene rings is 2. The van der Waals surface area contributed by atoms with Gasteiger partial charge in [0.15, 0.2) is 0 Å². The van der Waals surface area contributed by atoms with Crippen molar-refractivity contribution < 1.29 is 14.4 Å². The first-order valence-electron chi connectivity index (χ1n) is 8.66. The molecule has 0 aliphatic carbocycles. The molecule has 2 aromatic carbocycles. The highest BCUT2D eigenvalue weighted by atomic mass is 16.6. The van der Waals surface area contributed by atoms with Crippen LogP contribution >= 0.6 is 0 Å². The fourth-order valence-electron chi connectivity index (χ4n) is 2.84. The predicted molar refractivity (Wildman–Crippen MR) is 103 cm³/mol. The van der Waals surface area contributed by atoms with Gasteiger partial charge in [-0.15, -0.1) is 0 Å². The molecule has 8 nitrogen and oxygen atoms in total. The molecule has 27 heavy (non-hydrogen) atoms. The molecule has 0 unspecified atom stereocenters. The summed E-state index contributed by atoms with van der Waals surface area (Å²) in [4.78, 5) is 12.6. The number of methoxy groups -OCH3 is 1. The molecule has 0 spiro atoms. The number of anilines is 1. The fraction of sp³-hybridized carbons (Fsp3) is 0.316. The summed E-state index contributed by atoms with van der Waals surface area (Å²) in [5.74, 6) is 0.849. The van der Waals surface area contributed by atoms with Gasteiger partial charge in [-0.05, 0) is 35.9 Å². The molecule has 8 heteroatoms. The summed E-state index contributed by atoms with van der Waals surface area (Å²) in [6.45, 7) is 4.11. The van der Waals surface area contributed by atoms with Crippen LogP contribution in [0.3, 0.4) is 0 Å². The lowest BCUT2D eigenvalue weighted by Crippen LogP contribution is -2.35. The van der Waals surface area contributed by atoms with Crippen LogP contribution in [0.1, 0.15) is 11.1 Å². The molecule has 1 saturated heterocycles. The van der Waals surface area contributed by atoms with Crippen LogP contribution in [0.2, 0.25) is 0 Å². The first-order chi connectivity index (χ1) is 13.2. The van der Waals surface area contributed by atoms with Crippen LogP contribution in [0.25, 0.3) is 0 Å². The first-order valence-corrected chi connectivity index (χ1v) is 8.66. The van der Waals surface area contributed by atoms with Crippen LogP contribution in [0.4, 0.5) is 11.4 Å². The molecule has 1 heterocycles. The van der Waals surface area contributed by atoms with E-state index in [1.807, 2.05) is 12.1 Å². The zero-order valence-corrected chi connectivity index (χ0v) is 15.1. The van der Waals surface area contributed by atoms with Gasteiger partial charge < -0.3 is 9.47 Å². The lowest BCUT2D eigenvalue weighted by Gasteiger charge is -2.27. The molecule has 1 aliphatic heterocycles. The summed E-state index contributed by atoms with van der Waals surface area (Å²) in [7, 11) is 1.67. The summed E-state index contributed by atoms with van der Waals surface area (Å²) >= 11 is 0. The lowest BCUT2D eigenvalue weighted by molar-refractivity contribution is -0.384. The molecule has 3 rings (SSSR count). The van der Waals surface area contributed by atoms with E-state index >= 15 is 0 Å². The topological polar surface area (TPSA) is 89.2 Å². The van der Waals surface area contributed by atoms with Gasteiger partial charge in [-0.1, -0.05) is 0 Å². The molecule has 2 aromatic rings. The van der Waals surface area contributed by atoms with Crippen LogP contribution in [0, 0.1) is 10.1 Å². The quantitative estimate of drug-likeness (QED) is 0.458. The molecule has 0 saturated carbocycles. The lowest BCUT2D eigenvalue weighted by atomic mass is 10.1. The van der Waals surface area contributed by atoms with Crippen LogP contribution in [-0.2, 0) is 11.3 Å². The molecule has 0 bridgehead atoms. The highest BCUT2D eigenvalue weighted by Crippen LogP contribution is 2.22. The molecule has 142 valence electrons. The van der Waals surface area contributed by atoms with Crippen molar-refractivity contribution in [1.82, 2.24) is 4.90 Å². The minimum Gasteiger partial charge on any atom is -0.496 e. The third kappa shape index (κ3) is 5.25. The number of rotatable bonds is 7. The Labute approximate surface area is 157 Å². The normalized spacial score (nSPS) is 15.0. The van der Waals surface area contributed by atoms with Crippen molar-refractivity contribution in [2.45, 2.75) is 6.54 Å². The minimum atomic E-state index is -0.430. The average molecular weight is 370 g/mol. The van der Waals surface area contributed by atoms with Crippen LogP contribution in [0.15, 0.2) is 47.6 Å². The molecular weight excluding hydrogens is 348 g/mol. The van der Waals surface area contributed by atoms with Gasteiger partial charge in [0.25, 0.3) is 5.69 Å². The molecule has 1 aliphatic rings. The Hall–Kier alpha value is -2.97. The maximum atomic E-state index is 10.7. The van der Waals surface area contributed by atoms with Crippen molar-refractivity contribution in [3.05, 3.63) is 63.7 Å². The number of hydrazone groups is 1. The van der Waals surface area contributed by atoms with E-state index in [2.05, 4.69) is 21.5 Å². The largest absolute Gasteiger partial charge is 0.496 e. The molecule has 1 fully saturated rings. The number of hydrogen-bond donors (Lipinski definition) is 1. The van der Waals surface area contributed by atoms with Crippen molar-refractivity contribution >= 4 is 17.6 Å². The van der Waals surface area contributed by atoms with E-state index in [9.17, 15) is 10.1 Å². The Morgan fingerprint density at radius 1 is 1.26 bits per heavy atom. The maximum absolute atomic E-state index is 10.7. The van der Waals surface area contributed by atoms with E-state index < -0.39 is 4.92 Å². The van der Waals surface area contributed by atoms with Gasteiger partial charge in [0.1, 0.15) is 5.75 Å². The van der Waals surface area contributed by atoms with Crippen molar-refractivity contribution in [2.24, 2.45) is 5.10 Å². The van der Waals surface area contributed by atoms with Crippen molar-refractivity contribution in [2.75, 3.05) is 38.8 Å². The van der Waals surface area contributed by atoms with Gasteiger partial charge in [0.2, 0.25) is 0 Å². The monoisotopic (exact) mass is 370 g/mol. The van der Waals surface area contributed by atoms with E-state index in [0.29, 0.717) is 5.69 Å². The smallest absolute Gasteiger partial charge is 0.269 e. The highest BCUT2D eigenvalue weighted by Gasteiger charge is 2.13. The van der Waals surface area contributed by atoms with E-state index in [4.69, 9.17) is 9.47 Å². The predicted octanol–water partition coefficient (Wildman–Crippen LogP) is 2.88. The molecule has 0 radical (unpaired) electrons. The zero-order valence-electron chi connectivity index (χ0n) is 15.1. The van der Waals surface area contributed by atoms with Crippen LogP contribution in [0.5, 0.6) is 5.75 Å². The summed E-state index contributed by atoms with van der Waals surface area (Å²) in [5, 5.41) is 14.9. The zero-order chi connectivity index (χ0) is 19.1. The summed E-state index contributed by atoms with van der Waals surface area (Å²) < 4.78 is 10.9. The van der Waals surface area contributed by atoms with Gasteiger partial charge in [-0.3, -0.25) is 20.4 Å². The van der Waals surface area contributed by atoms with Crippen molar-refractivity contribution in [3.63, 3.8) is 0 Å². The van der Waals surface area contributed by atoms with Gasteiger partial charge in [-0.25, -0.2) is 0 Å². The Bertz CT molecular complexity index is 802. The second-order valence-electron chi connectivity index (χ2n) is 6.13. The Kier molecular flexibility index (Phi) is 6.35. The maximum Gasteiger partial charge on any atom is 0.269 e. The molecule has 0 atom stereocenters. The number of non-ortho nitro benzene ring substituents is 1. The first kappa shape index (κ1) is 18.8. The van der Waals surface area contributed by atoms with Gasteiger partial charge in [-0.2, -0.15) is 5.10 Å². The van der Waals surface area contributed by atoms with E-state index in [1.54, 1.807) is 25.5 Å². The summed E-state index contributed by atoms with van der Waals surface area (Å²) in [5.41, 5.74) is 5.64. The average Bonchev–Trinajstić information content (AvgIpc) is 2.69. The van der Waals surface area contributed by atoms with Crippen molar-refractivity contribution in [1.29, 1.82) is 0 Å². The summed E-state index contributed by atoms with van der Waals surface area (Å²) in [6, 6.07) is 12.0. The van der Waals surface area contributed by atoms with Crippen molar-refractivity contribution in [3.8, 4) is 5.75 Å². The van der Waals surface area contributed by atoms with E-state index in [-0.39, 0.29) is 5.69 Å². The second-order valence-corrected chi connectivity index (χ2v) is 6.13. The SMILES string of the molecule is COc1ccc(/C=N/Nc2ccc([N+](=O)[O-])cc2)cc1CN1CCOCC1. The number of nitrogens with zero attached hydrogens (tertiary/aromatic N) is 3. The van der Waals surface area contributed by atoms with E-state index in [1.165, 1.54) is 12.1 Å². The van der Waals surface area contributed by atoms with E-state index in [0.717, 1.165) is 49.7 Å². The van der Waals surface area contributed by atoms with Gasteiger partial charge in [0, 0.05) is 37.3 Å². The molecular formula is C19H22N4O4. The second kappa shape index (κ2) is 9.11. The van der Waals surface area contributed by atoms with Crippen LogP contribution in [-0.4, -0.2) is 49.5 Å². The Morgan fingerprint density at radius 2 is 2.00 bits per heavy atom. The van der Waals surface area contributed by atoms with Crippen LogP contribution < -0.4 is 10.2 Å². The van der Waals surface area contributed by atoms with Gasteiger partial charge in [0.05, 0.1) is 37.1 Å². The number of hydrogen-bond acceptors (Lipinski definition) is 7. The highest BCUT2D eigenvalue weighted by molar-refractivity contribution is 5.81. The fourth-order valence-corrected chi connectivity index (χ4v) is 2.84. The Morgan fingerprint density at radius 3 is 2.67 bits per heavy atom. The number of morpholine rings is 1. The summed E-state index contributed by atoms with van der Waals surface area (Å²) in [6.07, 6.45) is 1.71. The standard InChI is InChI=1S/C19H22N4O4/c1-26-19-7-2-15(12-16(19)14-22-8-10-27-11-9-22)13-20-21-17-3-5-18(6-4-17)23(24)25/h2-7,12-13,21H,8-11,14H2,1H3/b20-13+.